The first-order valence-corrected chi connectivity index (χ1v) is 8.78. The van der Waals surface area contributed by atoms with Crippen molar-refractivity contribution in [2.75, 3.05) is 11.4 Å². The van der Waals surface area contributed by atoms with Gasteiger partial charge in [0.25, 0.3) is 0 Å². The third-order valence-electron chi connectivity index (χ3n) is 4.05. The van der Waals surface area contributed by atoms with Crippen molar-refractivity contribution < 1.29 is 0 Å². The van der Waals surface area contributed by atoms with Crippen LogP contribution in [0.4, 0.5) is 5.13 Å². The van der Waals surface area contributed by atoms with Gasteiger partial charge in [-0.3, -0.25) is 4.98 Å². The molecule has 0 saturated carbocycles. The van der Waals surface area contributed by atoms with Crippen molar-refractivity contribution in [3.8, 4) is 10.7 Å². The molecule has 116 valence electrons. The van der Waals surface area contributed by atoms with Gasteiger partial charge in [-0.15, -0.1) is 10.2 Å². The molecule has 1 aliphatic rings. The fourth-order valence-electron chi connectivity index (χ4n) is 2.95. The maximum Gasteiger partial charge on any atom is 0.209 e. The Morgan fingerprint density at radius 1 is 1.09 bits per heavy atom. The molecular weight excluding hydrogens is 328 g/mol. The van der Waals surface area contributed by atoms with Gasteiger partial charge in [0.1, 0.15) is 5.69 Å². The third kappa shape index (κ3) is 2.94. The number of hydrogen-bond acceptors (Lipinski definition) is 5. The van der Waals surface area contributed by atoms with Gasteiger partial charge in [-0.25, -0.2) is 0 Å². The Balaban J connectivity index is 1.62. The normalized spacial score (nSPS) is 17.6. The van der Waals surface area contributed by atoms with Crippen LogP contribution in [0, 0.1) is 0 Å². The summed E-state index contributed by atoms with van der Waals surface area (Å²) in [5.41, 5.74) is 2.15. The highest BCUT2D eigenvalue weighted by Crippen LogP contribution is 2.39. The monoisotopic (exact) mass is 342 g/mol. The molecule has 4 nitrogen and oxygen atoms in total. The van der Waals surface area contributed by atoms with E-state index in [4.69, 9.17) is 11.6 Å². The van der Waals surface area contributed by atoms with Gasteiger partial charge < -0.3 is 4.90 Å². The maximum atomic E-state index is 6.00. The zero-order valence-corrected chi connectivity index (χ0v) is 14.0. The molecule has 1 fully saturated rings. The highest BCUT2D eigenvalue weighted by atomic mass is 35.5. The summed E-state index contributed by atoms with van der Waals surface area (Å²) in [6, 6.07) is 14.3. The molecule has 0 aliphatic carbocycles. The summed E-state index contributed by atoms with van der Waals surface area (Å²) < 4.78 is 0. The van der Waals surface area contributed by atoms with Gasteiger partial charge in [0, 0.05) is 17.8 Å². The lowest BCUT2D eigenvalue weighted by atomic mass is 10.1. The first kappa shape index (κ1) is 14.6. The van der Waals surface area contributed by atoms with E-state index in [9.17, 15) is 0 Å². The molecule has 4 rings (SSSR count). The van der Waals surface area contributed by atoms with Gasteiger partial charge in [0.05, 0.1) is 6.04 Å². The minimum Gasteiger partial charge on any atom is -0.340 e. The summed E-state index contributed by atoms with van der Waals surface area (Å²) in [6.07, 6.45) is 4.06. The van der Waals surface area contributed by atoms with Crippen LogP contribution in [-0.4, -0.2) is 21.7 Å². The summed E-state index contributed by atoms with van der Waals surface area (Å²) in [4.78, 5) is 6.69. The van der Waals surface area contributed by atoms with E-state index in [0.717, 1.165) is 40.2 Å². The lowest BCUT2D eigenvalue weighted by Crippen LogP contribution is -2.22. The molecule has 0 unspecified atom stereocenters. The zero-order chi connectivity index (χ0) is 15.6. The van der Waals surface area contributed by atoms with Crippen LogP contribution < -0.4 is 4.90 Å². The Bertz CT molecular complexity index is 788. The Kier molecular flexibility index (Phi) is 3.97. The lowest BCUT2D eigenvalue weighted by Gasteiger charge is -2.23. The predicted octanol–water partition coefficient (Wildman–Crippen LogP) is 4.60. The first-order valence-electron chi connectivity index (χ1n) is 7.58. The molecule has 0 radical (unpaired) electrons. The molecule has 1 atom stereocenters. The van der Waals surface area contributed by atoms with E-state index in [-0.39, 0.29) is 0 Å². The maximum absolute atomic E-state index is 6.00. The number of halogens is 1. The van der Waals surface area contributed by atoms with Crippen LogP contribution in [0.1, 0.15) is 24.4 Å². The quantitative estimate of drug-likeness (QED) is 0.697. The Morgan fingerprint density at radius 3 is 2.74 bits per heavy atom. The summed E-state index contributed by atoms with van der Waals surface area (Å²) >= 11 is 7.60. The van der Waals surface area contributed by atoms with Gasteiger partial charge in [-0.2, -0.15) is 0 Å². The minimum atomic E-state index is 0.344. The molecule has 3 aromatic rings. The van der Waals surface area contributed by atoms with Crippen molar-refractivity contribution in [2.24, 2.45) is 0 Å². The van der Waals surface area contributed by atoms with Crippen LogP contribution in [0.25, 0.3) is 10.7 Å². The van der Waals surface area contributed by atoms with Crippen LogP contribution in [0.2, 0.25) is 5.02 Å². The number of benzene rings is 1. The van der Waals surface area contributed by atoms with Crippen molar-refractivity contribution in [2.45, 2.75) is 18.9 Å². The van der Waals surface area contributed by atoms with E-state index < -0.39 is 0 Å². The van der Waals surface area contributed by atoms with E-state index in [1.54, 1.807) is 17.5 Å². The summed E-state index contributed by atoms with van der Waals surface area (Å²) in [5, 5.41) is 11.3. The second-order valence-electron chi connectivity index (χ2n) is 5.51. The molecule has 1 saturated heterocycles. The van der Waals surface area contributed by atoms with Crippen molar-refractivity contribution >= 4 is 28.1 Å². The van der Waals surface area contributed by atoms with Crippen LogP contribution in [0.5, 0.6) is 0 Å². The van der Waals surface area contributed by atoms with E-state index in [0.29, 0.717) is 6.04 Å². The zero-order valence-electron chi connectivity index (χ0n) is 12.4. The second-order valence-corrected chi connectivity index (χ2v) is 6.90. The molecule has 3 heterocycles. The lowest BCUT2D eigenvalue weighted by molar-refractivity contribution is 0.714. The summed E-state index contributed by atoms with van der Waals surface area (Å²) in [6.45, 7) is 1.00. The van der Waals surface area contributed by atoms with Gasteiger partial charge in [0.2, 0.25) is 5.13 Å². The Morgan fingerprint density at radius 2 is 1.96 bits per heavy atom. The Labute approximate surface area is 143 Å². The molecule has 6 heteroatoms. The van der Waals surface area contributed by atoms with Crippen molar-refractivity contribution in [3.63, 3.8) is 0 Å². The van der Waals surface area contributed by atoms with E-state index >= 15 is 0 Å². The highest BCUT2D eigenvalue weighted by molar-refractivity contribution is 7.18. The van der Waals surface area contributed by atoms with Crippen molar-refractivity contribution in [3.05, 3.63) is 59.2 Å². The van der Waals surface area contributed by atoms with Crippen LogP contribution >= 0.6 is 22.9 Å². The Hall–Kier alpha value is -1.98. The van der Waals surface area contributed by atoms with Gasteiger partial charge in [-0.05, 0) is 42.7 Å². The predicted molar refractivity (Wildman–Crippen MR) is 93.9 cm³/mol. The first-order chi connectivity index (χ1) is 11.3. The number of anilines is 1. The standard InChI is InChI=1S/C17H15ClN4S/c18-13-8-6-12(7-9-13)15-5-3-11-22(15)17-21-20-16(23-17)14-4-1-2-10-19-14/h1-2,4,6-10,15H,3,5,11H2/t15-/m1/s1. The highest BCUT2D eigenvalue weighted by Gasteiger charge is 2.28. The van der Waals surface area contributed by atoms with Crippen LogP contribution in [0.3, 0.4) is 0 Å². The SMILES string of the molecule is Clc1ccc([C@H]2CCCN2c2nnc(-c3ccccn3)s2)cc1. The fourth-order valence-corrected chi connectivity index (χ4v) is 3.97. The second kappa shape index (κ2) is 6.26. The van der Waals surface area contributed by atoms with E-state index in [2.05, 4.69) is 32.2 Å². The average molecular weight is 343 g/mol. The molecule has 1 aromatic carbocycles. The number of hydrogen-bond donors (Lipinski definition) is 0. The molecule has 0 N–H and O–H groups in total. The summed E-state index contributed by atoms with van der Waals surface area (Å²) in [5.74, 6) is 0. The molecular formula is C17H15ClN4S. The minimum absolute atomic E-state index is 0.344. The fraction of sp³-hybridized carbons (Fsp3) is 0.235. The molecule has 23 heavy (non-hydrogen) atoms. The molecule has 0 amide bonds. The third-order valence-corrected chi connectivity index (χ3v) is 5.29. The van der Waals surface area contributed by atoms with Gasteiger partial charge in [0.15, 0.2) is 5.01 Å². The molecule has 0 spiro atoms. The van der Waals surface area contributed by atoms with Crippen molar-refractivity contribution in [1.29, 1.82) is 0 Å². The van der Waals surface area contributed by atoms with Gasteiger partial charge >= 0.3 is 0 Å². The number of nitrogens with zero attached hydrogens (tertiary/aromatic N) is 4. The largest absolute Gasteiger partial charge is 0.340 e. The number of pyridine rings is 1. The topological polar surface area (TPSA) is 41.9 Å². The molecule has 1 aliphatic heterocycles. The molecule has 2 aromatic heterocycles. The summed E-state index contributed by atoms with van der Waals surface area (Å²) in [7, 11) is 0. The smallest absolute Gasteiger partial charge is 0.209 e. The number of aromatic nitrogens is 3. The van der Waals surface area contributed by atoms with Gasteiger partial charge in [-0.1, -0.05) is 41.1 Å². The van der Waals surface area contributed by atoms with E-state index in [1.807, 2.05) is 30.3 Å². The van der Waals surface area contributed by atoms with Crippen LogP contribution in [-0.2, 0) is 0 Å². The number of rotatable bonds is 3. The van der Waals surface area contributed by atoms with Crippen molar-refractivity contribution in [1.82, 2.24) is 15.2 Å². The van der Waals surface area contributed by atoms with Crippen LogP contribution in [0.15, 0.2) is 48.7 Å². The van der Waals surface area contributed by atoms with E-state index in [1.165, 1.54) is 5.56 Å². The molecule has 0 bridgehead atoms. The average Bonchev–Trinajstić information content (AvgIpc) is 3.25.